The van der Waals surface area contributed by atoms with E-state index < -0.39 is 15.9 Å². The molecule has 5 rings (SSSR count). The summed E-state index contributed by atoms with van der Waals surface area (Å²) in [4.78, 5) is 4.24. The molecule has 210 valence electrons. The molecule has 0 unspecified atom stereocenters. The van der Waals surface area contributed by atoms with E-state index in [0.29, 0.717) is 19.5 Å². The van der Waals surface area contributed by atoms with Crippen molar-refractivity contribution in [3.63, 3.8) is 0 Å². The molecule has 0 aliphatic carbocycles. The minimum atomic E-state index is -4.27. The van der Waals surface area contributed by atoms with Gasteiger partial charge in [-0.1, -0.05) is 0 Å². The second-order valence-corrected chi connectivity index (χ2v) is 13.6. The number of anilines is 2. The molecule has 0 spiro atoms. The van der Waals surface area contributed by atoms with Crippen LogP contribution in [-0.2, 0) is 16.7 Å². The van der Waals surface area contributed by atoms with Crippen LogP contribution in [0.25, 0.3) is 26.6 Å². The van der Waals surface area contributed by atoms with E-state index in [2.05, 4.69) is 83.7 Å². The molecular weight excluding hydrogens is 592 g/mol. The molecule has 0 saturated carbocycles. The van der Waals surface area contributed by atoms with Crippen LogP contribution in [0, 0.1) is 5.82 Å². The van der Waals surface area contributed by atoms with Crippen molar-refractivity contribution in [3.05, 3.63) is 82.5 Å². The second kappa shape index (κ2) is 11.9. The summed E-state index contributed by atoms with van der Waals surface area (Å²) in [7, 11) is -4.27. The van der Waals surface area contributed by atoms with Crippen LogP contribution in [0.1, 0.15) is 44.6 Å². The van der Waals surface area contributed by atoms with E-state index in [4.69, 9.17) is 0 Å². The standard InChI is InChI=1S/C31H34FN3O3SSe/c1-4-22(20-30-34(6-3)31-25-12-8-7-11-23(25)13-16-28(31)40-30)19-29-33(5-2)26-15-14-24(32)21-27(26)35(29)17-9-10-18-39(36,37)38/h7-8,11-16,19-21H,4-6,9-10,17-18H2,1-3H3. The maximum atomic E-state index is 14.4. The first kappa shape index (κ1) is 28.6. The quantitative estimate of drug-likeness (QED) is 0.0964. The summed E-state index contributed by atoms with van der Waals surface area (Å²) in [5, 5.41) is 2.52. The summed E-state index contributed by atoms with van der Waals surface area (Å²) in [5.41, 5.74) is 4.17. The molecule has 0 amide bonds. The third-order valence-electron chi connectivity index (χ3n) is 7.38. The van der Waals surface area contributed by atoms with Gasteiger partial charge < -0.3 is 0 Å². The third kappa shape index (κ3) is 5.74. The van der Waals surface area contributed by atoms with Gasteiger partial charge in [-0.25, -0.2) is 0 Å². The van der Waals surface area contributed by atoms with Gasteiger partial charge >= 0.3 is 242 Å². The van der Waals surface area contributed by atoms with Gasteiger partial charge in [0.2, 0.25) is 0 Å². The van der Waals surface area contributed by atoms with Crippen molar-refractivity contribution in [2.75, 3.05) is 28.6 Å². The van der Waals surface area contributed by atoms with E-state index in [9.17, 15) is 17.4 Å². The van der Waals surface area contributed by atoms with Crippen molar-refractivity contribution in [1.29, 1.82) is 0 Å². The molecular formula is C31H34FN3O3SSe. The molecule has 1 aliphatic rings. The van der Waals surface area contributed by atoms with Crippen molar-refractivity contribution in [3.8, 4) is 0 Å². The summed E-state index contributed by atoms with van der Waals surface area (Å²) < 4.78 is 52.9. The number of fused-ring (bicyclic) bond motifs is 4. The zero-order valence-electron chi connectivity index (χ0n) is 23.1. The fraction of sp³-hybridized carbons (Fsp3) is 0.323. The predicted molar refractivity (Wildman–Crippen MR) is 161 cm³/mol. The second-order valence-electron chi connectivity index (χ2n) is 9.89. The van der Waals surface area contributed by atoms with Crippen molar-refractivity contribution in [2.45, 2.75) is 46.6 Å². The molecule has 2 heterocycles. The molecule has 1 aliphatic heterocycles. The summed E-state index contributed by atoms with van der Waals surface area (Å²) in [6.45, 7) is 8.47. The Morgan fingerprint density at radius 3 is 2.55 bits per heavy atom. The van der Waals surface area contributed by atoms with E-state index in [1.165, 1.54) is 42.8 Å². The van der Waals surface area contributed by atoms with Crippen LogP contribution in [-0.4, -0.2) is 46.3 Å². The molecule has 9 heteroatoms. The molecule has 3 aromatic carbocycles. The number of rotatable bonds is 10. The summed E-state index contributed by atoms with van der Waals surface area (Å²) >= 11 is 0.171. The Hall–Kier alpha value is -2.97. The monoisotopic (exact) mass is 627 g/mol. The SMILES string of the molecule is CCC(=C\c1[se]c2ccc3ccccc3c2[n+]1CC)/C=C1\N(CC)c2ccc(F)cc2N1CCCCS(=O)(=O)[O-]. The molecule has 6 nitrogen and oxygen atoms in total. The van der Waals surface area contributed by atoms with Gasteiger partial charge in [-0.2, -0.15) is 0 Å². The van der Waals surface area contributed by atoms with Gasteiger partial charge in [-0.15, -0.1) is 0 Å². The van der Waals surface area contributed by atoms with Gasteiger partial charge in [0.05, 0.1) is 0 Å². The number of aromatic nitrogens is 1. The Morgan fingerprint density at radius 2 is 1.82 bits per heavy atom. The number of hydrogen-bond donors (Lipinski definition) is 0. The van der Waals surface area contributed by atoms with Gasteiger partial charge in [0, 0.05) is 0 Å². The van der Waals surface area contributed by atoms with E-state index in [1.54, 1.807) is 6.07 Å². The molecule has 0 bridgehead atoms. The van der Waals surface area contributed by atoms with Crippen molar-refractivity contribution < 1.29 is 21.9 Å². The molecule has 0 atom stereocenters. The molecule has 4 aromatic rings. The predicted octanol–water partition coefficient (Wildman–Crippen LogP) is 5.80. The fourth-order valence-electron chi connectivity index (χ4n) is 5.47. The zero-order valence-corrected chi connectivity index (χ0v) is 25.6. The van der Waals surface area contributed by atoms with E-state index in [1.807, 2.05) is 0 Å². The van der Waals surface area contributed by atoms with E-state index >= 15 is 0 Å². The first-order valence-electron chi connectivity index (χ1n) is 13.8. The number of halogens is 1. The first-order valence-corrected chi connectivity index (χ1v) is 17.1. The first-order chi connectivity index (χ1) is 19.2. The van der Waals surface area contributed by atoms with Gasteiger partial charge in [0.1, 0.15) is 0 Å². The average Bonchev–Trinajstić information content (AvgIpc) is 3.43. The number of unbranched alkanes of at least 4 members (excludes halogenated alkanes) is 1. The number of hydrogen-bond acceptors (Lipinski definition) is 5. The fourth-order valence-corrected chi connectivity index (χ4v) is 8.59. The van der Waals surface area contributed by atoms with Gasteiger partial charge in [-0.3, -0.25) is 0 Å². The third-order valence-corrected chi connectivity index (χ3v) is 10.5. The van der Waals surface area contributed by atoms with Crippen molar-refractivity contribution in [1.82, 2.24) is 0 Å². The number of benzene rings is 3. The Kier molecular flexibility index (Phi) is 8.47. The van der Waals surface area contributed by atoms with E-state index in [-0.39, 0.29) is 26.7 Å². The van der Waals surface area contributed by atoms with Crippen LogP contribution in [0.5, 0.6) is 0 Å². The minimum absolute atomic E-state index is 0.171. The molecule has 0 saturated heterocycles. The summed E-state index contributed by atoms with van der Waals surface area (Å²) in [6, 6.07) is 17.8. The molecule has 40 heavy (non-hydrogen) atoms. The molecule has 1 aromatic heterocycles. The summed E-state index contributed by atoms with van der Waals surface area (Å²) in [5.74, 6) is 0.233. The van der Waals surface area contributed by atoms with Crippen LogP contribution in [0.15, 0.2) is 72.1 Å². The number of aryl methyl sites for hydroxylation is 1. The van der Waals surface area contributed by atoms with Crippen LogP contribution < -0.4 is 14.4 Å². The maximum absolute atomic E-state index is 14.4. The Labute approximate surface area is 241 Å². The van der Waals surface area contributed by atoms with Crippen LogP contribution in [0.4, 0.5) is 15.8 Å². The van der Waals surface area contributed by atoms with Crippen LogP contribution in [0.2, 0.25) is 0 Å². The summed E-state index contributed by atoms with van der Waals surface area (Å²) in [6.07, 6.45) is 6.09. The van der Waals surface area contributed by atoms with Crippen molar-refractivity contribution in [2.24, 2.45) is 0 Å². The Bertz CT molecular complexity index is 1730. The van der Waals surface area contributed by atoms with Crippen molar-refractivity contribution >= 4 is 62.6 Å². The van der Waals surface area contributed by atoms with E-state index in [0.717, 1.165) is 30.2 Å². The molecule has 0 fully saturated rings. The Morgan fingerprint density at radius 1 is 1.02 bits per heavy atom. The molecule has 0 radical (unpaired) electrons. The topological polar surface area (TPSA) is 67.6 Å². The van der Waals surface area contributed by atoms with Crippen LogP contribution >= 0.6 is 0 Å². The Balaban J connectivity index is 1.57. The van der Waals surface area contributed by atoms with Gasteiger partial charge in [-0.05, 0) is 0 Å². The zero-order chi connectivity index (χ0) is 28.4. The molecule has 0 N–H and O–H groups in total. The van der Waals surface area contributed by atoms with Crippen LogP contribution in [0.3, 0.4) is 0 Å². The number of allylic oxidation sites excluding steroid dienone is 2. The van der Waals surface area contributed by atoms with Gasteiger partial charge in [0.25, 0.3) is 0 Å². The average molecular weight is 627 g/mol. The number of nitrogens with zero attached hydrogens (tertiary/aromatic N) is 3. The van der Waals surface area contributed by atoms with Gasteiger partial charge in [0.15, 0.2) is 0 Å². The normalized spacial score (nSPS) is 15.1.